The number of carbonyl (C=O) groups excluding carboxylic acids is 1. The van der Waals surface area contributed by atoms with Crippen molar-refractivity contribution in [1.82, 2.24) is 9.62 Å². The molecule has 0 saturated carbocycles. The van der Waals surface area contributed by atoms with E-state index < -0.39 is 10.0 Å². The highest BCUT2D eigenvalue weighted by Crippen LogP contribution is 2.27. The maximum absolute atomic E-state index is 12.7. The highest BCUT2D eigenvalue weighted by molar-refractivity contribution is 7.89. The maximum atomic E-state index is 12.7. The van der Waals surface area contributed by atoms with Crippen LogP contribution in [0.1, 0.15) is 29.0 Å². The zero-order valence-corrected chi connectivity index (χ0v) is 20.4. The number of hydrogen-bond donors (Lipinski definition) is 1. The van der Waals surface area contributed by atoms with Crippen LogP contribution in [-0.4, -0.2) is 51.5 Å². The molecule has 1 aliphatic heterocycles. The molecule has 1 aliphatic rings. The van der Waals surface area contributed by atoms with Gasteiger partial charge in [-0.1, -0.05) is 72.8 Å². The van der Waals surface area contributed by atoms with E-state index in [9.17, 15) is 13.2 Å². The van der Waals surface area contributed by atoms with Crippen molar-refractivity contribution in [3.63, 3.8) is 0 Å². The number of morpholine rings is 1. The third-order valence-corrected chi connectivity index (χ3v) is 7.96. The second-order valence-corrected chi connectivity index (χ2v) is 10.3. The molecule has 4 rings (SSSR count). The fraction of sp³-hybridized carbons (Fsp3) is 0.250. The third kappa shape index (κ3) is 6.66. The predicted molar refractivity (Wildman–Crippen MR) is 137 cm³/mol. The quantitative estimate of drug-likeness (QED) is 0.459. The summed E-state index contributed by atoms with van der Waals surface area (Å²) in [5.41, 5.74) is 3.19. The average Bonchev–Trinajstić information content (AvgIpc) is 2.91. The fourth-order valence-corrected chi connectivity index (χ4v) is 5.56. The number of amides is 1. The number of benzene rings is 3. The number of rotatable bonds is 9. The van der Waals surface area contributed by atoms with E-state index in [4.69, 9.17) is 4.74 Å². The van der Waals surface area contributed by atoms with E-state index >= 15 is 0 Å². The van der Waals surface area contributed by atoms with Crippen LogP contribution >= 0.6 is 0 Å². The molecular weight excluding hydrogens is 460 g/mol. The second kappa shape index (κ2) is 11.9. The topological polar surface area (TPSA) is 75.7 Å². The molecule has 0 aliphatic carbocycles. The van der Waals surface area contributed by atoms with Crippen LogP contribution in [0, 0.1) is 0 Å². The molecule has 35 heavy (non-hydrogen) atoms. The minimum absolute atomic E-state index is 0.185. The Morgan fingerprint density at radius 1 is 0.886 bits per heavy atom. The maximum Gasteiger partial charge on any atom is 0.243 e. The summed E-state index contributed by atoms with van der Waals surface area (Å²) in [6.45, 7) is 2.08. The molecule has 1 amide bonds. The molecule has 0 spiro atoms. The first-order chi connectivity index (χ1) is 17.0. The van der Waals surface area contributed by atoms with Gasteiger partial charge in [-0.05, 0) is 41.3 Å². The van der Waals surface area contributed by atoms with E-state index in [0.717, 1.165) is 12.0 Å². The molecule has 0 unspecified atom stereocenters. The molecule has 3 aromatic carbocycles. The molecule has 182 valence electrons. The Kier molecular flexibility index (Phi) is 8.47. The third-order valence-electron chi connectivity index (χ3n) is 6.05. The number of carbonyl (C=O) groups is 1. The lowest BCUT2D eigenvalue weighted by Gasteiger charge is -2.26. The Hall–Kier alpha value is -3.26. The number of ether oxygens (including phenoxy) is 1. The van der Waals surface area contributed by atoms with Crippen LogP contribution in [0.5, 0.6) is 0 Å². The molecule has 0 aromatic heterocycles. The van der Waals surface area contributed by atoms with Crippen molar-refractivity contribution in [3.05, 3.63) is 108 Å². The summed E-state index contributed by atoms with van der Waals surface area (Å²) in [5.74, 6) is 0.0116. The highest BCUT2D eigenvalue weighted by atomic mass is 32.2. The second-order valence-electron chi connectivity index (χ2n) is 8.37. The summed E-state index contributed by atoms with van der Waals surface area (Å²) in [5, 5.41) is 2.96. The number of nitrogens with zero attached hydrogens (tertiary/aromatic N) is 1. The van der Waals surface area contributed by atoms with Crippen molar-refractivity contribution < 1.29 is 17.9 Å². The van der Waals surface area contributed by atoms with Gasteiger partial charge in [0.2, 0.25) is 15.9 Å². The first-order valence-electron chi connectivity index (χ1n) is 11.8. The monoisotopic (exact) mass is 490 g/mol. The summed E-state index contributed by atoms with van der Waals surface area (Å²) in [7, 11) is -3.53. The SMILES string of the molecule is O=C(/C=C/c1ccc(S(=O)(=O)N2CCOCC2)cc1)NCCC(c1ccccc1)c1ccccc1. The van der Waals surface area contributed by atoms with Crippen LogP contribution in [-0.2, 0) is 19.6 Å². The van der Waals surface area contributed by atoms with Gasteiger partial charge in [0, 0.05) is 31.6 Å². The summed E-state index contributed by atoms with van der Waals surface area (Å²) < 4.78 is 32.1. The molecular formula is C28H30N2O4S. The molecule has 3 aromatic rings. The standard InChI is InChI=1S/C28H30N2O4S/c31-28(29-18-17-27(24-7-3-1-4-8-24)25-9-5-2-6-10-25)16-13-23-11-14-26(15-12-23)35(32,33)30-19-21-34-22-20-30/h1-16,27H,17-22H2,(H,29,31)/b16-13+. The minimum Gasteiger partial charge on any atom is -0.379 e. The molecule has 6 nitrogen and oxygen atoms in total. The summed E-state index contributed by atoms with van der Waals surface area (Å²) in [6.07, 6.45) is 3.94. The van der Waals surface area contributed by atoms with Crippen molar-refractivity contribution in [3.8, 4) is 0 Å². The predicted octanol–water partition coefficient (Wildman–Crippen LogP) is 4.06. The van der Waals surface area contributed by atoms with Gasteiger partial charge in [-0.15, -0.1) is 0 Å². The Labute approximate surface area is 207 Å². The Balaban J connectivity index is 1.32. The average molecular weight is 491 g/mol. The van der Waals surface area contributed by atoms with Gasteiger partial charge in [0.05, 0.1) is 18.1 Å². The van der Waals surface area contributed by atoms with E-state index in [0.29, 0.717) is 32.8 Å². The van der Waals surface area contributed by atoms with Crippen molar-refractivity contribution >= 4 is 22.0 Å². The fourth-order valence-electron chi connectivity index (χ4n) is 4.15. The van der Waals surface area contributed by atoms with E-state index in [1.54, 1.807) is 30.3 Å². The normalized spacial score (nSPS) is 14.9. The van der Waals surface area contributed by atoms with Crippen LogP contribution in [0.3, 0.4) is 0 Å². The van der Waals surface area contributed by atoms with Gasteiger partial charge in [0.25, 0.3) is 0 Å². The van der Waals surface area contributed by atoms with E-state index in [1.165, 1.54) is 21.5 Å². The van der Waals surface area contributed by atoms with E-state index in [-0.39, 0.29) is 16.7 Å². The summed E-state index contributed by atoms with van der Waals surface area (Å²) in [6, 6.07) is 27.2. The summed E-state index contributed by atoms with van der Waals surface area (Å²) in [4.78, 5) is 12.6. The van der Waals surface area contributed by atoms with Crippen molar-refractivity contribution in [1.29, 1.82) is 0 Å². The number of sulfonamides is 1. The molecule has 7 heteroatoms. The lowest BCUT2D eigenvalue weighted by atomic mass is 9.88. The largest absolute Gasteiger partial charge is 0.379 e. The number of nitrogens with one attached hydrogen (secondary N) is 1. The van der Waals surface area contributed by atoms with E-state index in [2.05, 4.69) is 29.6 Å². The highest BCUT2D eigenvalue weighted by Gasteiger charge is 2.26. The van der Waals surface area contributed by atoms with Crippen LogP contribution in [0.25, 0.3) is 6.08 Å². The zero-order valence-electron chi connectivity index (χ0n) is 19.5. The first kappa shape index (κ1) is 24.9. The van der Waals surface area contributed by atoms with Crippen molar-refractivity contribution in [2.24, 2.45) is 0 Å². The van der Waals surface area contributed by atoms with E-state index in [1.807, 2.05) is 36.4 Å². The molecule has 1 fully saturated rings. The van der Waals surface area contributed by atoms with Gasteiger partial charge in [-0.25, -0.2) is 8.42 Å². The molecule has 1 N–H and O–H groups in total. The summed E-state index contributed by atoms with van der Waals surface area (Å²) >= 11 is 0. The first-order valence-corrected chi connectivity index (χ1v) is 13.2. The van der Waals surface area contributed by atoms with Crippen LogP contribution < -0.4 is 5.32 Å². The van der Waals surface area contributed by atoms with Gasteiger partial charge in [0.1, 0.15) is 0 Å². The molecule has 0 radical (unpaired) electrons. The Morgan fingerprint density at radius 3 is 2.03 bits per heavy atom. The van der Waals surface area contributed by atoms with Crippen molar-refractivity contribution in [2.45, 2.75) is 17.2 Å². The Bertz CT molecular complexity index is 1180. The van der Waals surface area contributed by atoms with Gasteiger partial charge in [-0.3, -0.25) is 4.79 Å². The van der Waals surface area contributed by atoms with Gasteiger partial charge >= 0.3 is 0 Å². The van der Waals surface area contributed by atoms with Gasteiger partial charge in [0.15, 0.2) is 0 Å². The van der Waals surface area contributed by atoms with Gasteiger partial charge in [-0.2, -0.15) is 4.31 Å². The van der Waals surface area contributed by atoms with Crippen LogP contribution in [0.4, 0.5) is 0 Å². The lowest BCUT2D eigenvalue weighted by molar-refractivity contribution is -0.116. The molecule has 1 heterocycles. The van der Waals surface area contributed by atoms with Crippen LogP contribution in [0.2, 0.25) is 0 Å². The zero-order chi connectivity index (χ0) is 24.5. The minimum atomic E-state index is -3.53. The smallest absolute Gasteiger partial charge is 0.243 e. The van der Waals surface area contributed by atoms with Crippen LogP contribution in [0.15, 0.2) is 95.9 Å². The molecule has 0 bridgehead atoms. The van der Waals surface area contributed by atoms with Crippen molar-refractivity contribution in [2.75, 3.05) is 32.8 Å². The molecule has 0 atom stereocenters. The Morgan fingerprint density at radius 2 is 1.46 bits per heavy atom. The lowest BCUT2D eigenvalue weighted by Crippen LogP contribution is -2.40. The molecule has 1 saturated heterocycles. The number of hydrogen-bond acceptors (Lipinski definition) is 4. The van der Waals surface area contributed by atoms with Gasteiger partial charge < -0.3 is 10.1 Å².